The van der Waals surface area contributed by atoms with Crippen LogP contribution in [0.15, 0.2) is 0 Å². The lowest BCUT2D eigenvalue weighted by Crippen LogP contribution is -2.58. The van der Waals surface area contributed by atoms with E-state index in [1.807, 2.05) is 13.8 Å². The molecule has 5 heteroatoms. The summed E-state index contributed by atoms with van der Waals surface area (Å²) in [6.45, 7) is 6.64. The van der Waals surface area contributed by atoms with Crippen molar-refractivity contribution in [2.24, 2.45) is 11.1 Å². The van der Waals surface area contributed by atoms with Crippen LogP contribution in [0.2, 0.25) is 0 Å². The minimum absolute atomic E-state index is 0.110. The third-order valence-corrected chi connectivity index (χ3v) is 4.30. The maximum Gasteiger partial charge on any atom is 0.311 e. The van der Waals surface area contributed by atoms with Gasteiger partial charge in [0.1, 0.15) is 0 Å². The first kappa shape index (κ1) is 17.0. The second-order valence-corrected chi connectivity index (χ2v) is 6.33. The fourth-order valence-corrected chi connectivity index (χ4v) is 3.26. The van der Waals surface area contributed by atoms with Gasteiger partial charge in [-0.1, -0.05) is 26.7 Å². The van der Waals surface area contributed by atoms with E-state index in [-0.39, 0.29) is 5.91 Å². The molecule has 0 aromatic heterocycles. The van der Waals surface area contributed by atoms with E-state index in [9.17, 15) is 14.7 Å². The topological polar surface area (TPSA) is 83.6 Å². The van der Waals surface area contributed by atoms with E-state index in [4.69, 9.17) is 5.73 Å². The third kappa shape index (κ3) is 3.51. The first-order valence-electron chi connectivity index (χ1n) is 7.61. The zero-order valence-corrected chi connectivity index (χ0v) is 12.9. The molecule has 2 unspecified atom stereocenters. The Morgan fingerprint density at radius 2 is 2.00 bits per heavy atom. The number of carboxylic acids is 1. The minimum Gasteiger partial charge on any atom is -0.481 e. The van der Waals surface area contributed by atoms with Crippen molar-refractivity contribution < 1.29 is 14.7 Å². The number of carboxylic acid groups (broad SMARTS) is 1. The summed E-state index contributed by atoms with van der Waals surface area (Å²) in [4.78, 5) is 25.8. The van der Waals surface area contributed by atoms with E-state index in [0.29, 0.717) is 32.4 Å². The molecule has 2 atom stereocenters. The van der Waals surface area contributed by atoms with Crippen molar-refractivity contribution in [3.63, 3.8) is 0 Å². The molecule has 0 spiro atoms. The van der Waals surface area contributed by atoms with Gasteiger partial charge in [0.2, 0.25) is 5.91 Å². The number of aliphatic carboxylic acids is 1. The Morgan fingerprint density at radius 3 is 2.50 bits per heavy atom. The molecule has 0 saturated carbocycles. The molecule has 1 amide bonds. The minimum atomic E-state index is -0.886. The Labute approximate surface area is 121 Å². The van der Waals surface area contributed by atoms with Gasteiger partial charge in [0.15, 0.2) is 0 Å². The zero-order valence-electron chi connectivity index (χ0n) is 12.9. The van der Waals surface area contributed by atoms with E-state index >= 15 is 0 Å². The van der Waals surface area contributed by atoms with Gasteiger partial charge in [0, 0.05) is 13.1 Å². The summed E-state index contributed by atoms with van der Waals surface area (Å²) in [6, 6.07) is 0. The highest BCUT2D eigenvalue weighted by molar-refractivity contribution is 5.86. The van der Waals surface area contributed by atoms with Gasteiger partial charge in [-0.25, -0.2) is 0 Å². The average molecular weight is 284 g/mol. The molecule has 1 rings (SSSR count). The molecule has 1 fully saturated rings. The van der Waals surface area contributed by atoms with Crippen LogP contribution in [0.5, 0.6) is 0 Å². The van der Waals surface area contributed by atoms with Crippen molar-refractivity contribution in [1.29, 1.82) is 0 Å². The molecule has 1 heterocycles. The fraction of sp³-hybridized carbons (Fsp3) is 0.867. The fourth-order valence-electron chi connectivity index (χ4n) is 3.26. The Balaban J connectivity index is 2.87. The maximum absolute atomic E-state index is 12.5. The molecule has 3 N–H and O–H groups in total. The largest absolute Gasteiger partial charge is 0.481 e. The van der Waals surface area contributed by atoms with Crippen LogP contribution in [-0.4, -0.2) is 40.5 Å². The van der Waals surface area contributed by atoms with E-state index < -0.39 is 16.9 Å². The second kappa shape index (κ2) is 6.57. The van der Waals surface area contributed by atoms with Crippen LogP contribution in [0.4, 0.5) is 0 Å². The molecule has 20 heavy (non-hydrogen) atoms. The summed E-state index contributed by atoms with van der Waals surface area (Å²) in [5.74, 6) is -0.896. The van der Waals surface area contributed by atoms with Crippen molar-refractivity contribution in [1.82, 2.24) is 4.90 Å². The van der Waals surface area contributed by atoms with Gasteiger partial charge in [-0.05, 0) is 32.6 Å². The van der Waals surface area contributed by atoms with Crippen LogP contribution in [0.1, 0.15) is 59.3 Å². The number of piperidine rings is 1. The number of amides is 1. The SMILES string of the molecule is CCCC(C)(N)C(=O)N1CCCC(CCC)(C(=O)O)C1. The number of likely N-dealkylation sites (tertiary alicyclic amines) is 1. The Morgan fingerprint density at radius 1 is 1.35 bits per heavy atom. The lowest BCUT2D eigenvalue weighted by Gasteiger charge is -2.42. The molecule has 0 aromatic carbocycles. The number of hydrogen-bond donors (Lipinski definition) is 2. The Bertz CT molecular complexity index is 364. The van der Waals surface area contributed by atoms with Crippen molar-refractivity contribution in [3.05, 3.63) is 0 Å². The van der Waals surface area contributed by atoms with Gasteiger partial charge >= 0.3 is 5.97 Å². The summed E-state index contributed by atoms with van der Waals surface area (Å²) < 4.78 is 0. The zero-order chi connectivity index (χ0) is 15.4. The Kier molecular flexibility index (Phi) is 5.57. The predicted octanol–water partition coefficient (Wildman–Crippen LogP) is 2.00. The van der Waals surface area contributed by atoms with E-state index in [0.717, 1.165) is 19.3 Å². The summed E-state index contributed by atoms with van der Waals surface area (Å²) >= 11 is 0. The molecular weight excluding hydrogens is 256 g/mol. The highest BCUT2D eigenvalue weighted by Crippen LogP contribution is 2.35. The quantitative estimate of drug-likeness (QED) is 0.781. The first-order chi connectivity index (χ1) is 9.29. The van der Waals surface area contributed by atoms with Gasteiger partial charge < -0.3 is 15.7 Å². The number of nitrogens with zero attached hydrogens (tertiary/aromatic N) is 1. The number of rotatable bonds is 6. The summed E-state index contributed by atoms with van der Waals surface area (Å²) in [5, 5.41) is 9.56. The van der Waals surface area contributed by atoms with Gasteiger partial charge in [-0.3, -0.25) is 9.59 Å². The molecule has 1 saturated heterocycles. The van der Waals surface area contributed by atoms with Crippen molar-refractivity contribution in [3.8, 4) is 0 Å². The van der Waals surface area contributed by atoms with Gasteiger partial charge in [0.25, 0.3) is 0 Å². The molecule has 0 aromatic rings. The van der Waals surface area contributed by atoms with E-state index in [2.05, 4.69) is 0 Å². The van der Waals surface area contributed by atoms with Crippen LogP contribution >= 0.6 is 0 Å². The molecule has 116 valence electrons. The van der Waals surface area contributed by atoms with Crippen molar-refractivity contribution in [2.45, 2.75) is 64.8 Å². The van der Waals surface area contributed by atoms with E-state index in [1.54, 1.807) is 11.8 Å². The van der Waals surface area contributed by atoms with Crippen LogP contribution in [0.25, 0.3) is 0 Å². The van der Waals surface area contributed by atoms with Crippen LogP contribution in [0.3, 0.4) is 0 Å². The molecule has 1 aliphatic heterocycles. The first-order valence-corrected chi connectivity index (χ1v) is 7.61. The average Bonchev–Trinajstić information content (AvgIpc) is 2.38. The van der Waals surface area contributed by atoms with Crippen molar-refractivity contribution in [2.75, 3.05) is 13.1 Å². The summed E-state index contributed by atoms with van der Waals surface area (Å²) in [5.41, 5.74) is 4.43. The monoisotopic (exact) mass is 284 g/mol. The molecule has 5 nitrogen and oxygen atoms in total. The normalized spacial score (nSPS) is 26.1. The van der Waals surface area contributed by atoms with Crippen LogP contribution in [0, 0.1) is 5.41 Å². The number of hydrogen-bond acceptors (Lipinski definition) is 3. The molecule has 1 aliphatic rings. The molecule has 0 radical (unpaired) electrons. The van der Waals surface area contributed by atoms with Gasteiger partial charge in [-0.15, -0.1) is 0 Å². The van der Waals surface area contributed by atoms with E-state index in [1.165, 1.54) is 0 Å². The highest BCUT2D eigenvalue weighted by atomic mass is 16.4. The van der Waals surface area contributed by atoms with Crippen molar-refractivity contribution >= 4 is 11.9 Å². The standard InChI is InChI=1S/C15H28N2O3/c1-4-7-14(3,16)12(18)17-10-6-9-15(11-17,8-5-2)13(19)20/h4-11,16H2,1-3H3,(H,19,20). The highest BCUT2D eigenvalue weighted by Gasteiger charge is 2.44. The number of carbonyl (C=O) groups excluding carboxylic acids is 1. The maximum atomic E-state index is 12.5. The molecule has 0 bridgehead atoms. The number of nitrogens with two attached hydrogens (primary N) is 1. The van der Waals surface area contributed by atoms with Crippen LogP contribution in [-0.2, 0) is 9.59 Å². The summed E-state index contributed by atoms with van der Waals surface area (Å²) in [7, 11) is 0. The Hall–Kier alpha value is -1.10. The van der Waals surface area contributed by atoms with Gasteiger partial charge in [0.05, 0.1) is 11.0 Å². The number of carbonyl (C=O) groups is 2. The molecular formula is C15H28N2O3. The lowest BCUT2D eigenvalue weighted by atomic mass is 9.76. The smallest absolute Gasteiger partial charge is 0.311 e. The predicted molar refractivity (Wildman–Crippen MR) is 78.3 cm³/mol. The van der Waals surface area contributed by atoms with Crippen LogP contribution < -0.4 is 5.73 Å². The third-order valence-electron chi connectivity index (χ3n) is 4.30. The second-order valence-electron chi connectivity index (χ2n) is 6.33. The van der Waals surface area contributed by atoms with Gasteiger partial charge in [-0.2, -0.15) is 0 Å². The lowest BCUT2D eigenvalue weighted by molar-refractivity contribution is -0.156. The molecule has 0 aliphatic carbocycles. The summed E-state index contributed by atoms with van der Waals surface area (Å²) in [6.07, 6.45) is 4.27.